The first-order valence-electron chi connectivity index (χ1n) is 10.8. The molecule has 1 atom stereocenters. The van der Waals surface area contributed by atoms with Crippen LogP contribution in [-0.2, 0) is 4.79 Å². The standard InChI is InChI=1S/C24H33N3O3/c1-16(2)27(19-8-7-11-25-15-19)24(29)22-14-23(30-13-12-26-18(4)28)21-10-6-5-9-20(21)17(22)3/h5-6,9-10,14,16,19,25H,7-8,11-13,15H2,1-4H3,(H,26,28)/t19-/m1/s1. The van der Waals surface area contributed by atoms with Crippen molar-refractivity contribution in [1.82, 2.24) is 15.5 Å². The van der Waals surface area contributed by atoms with Crippen molar-refractivity contribution < 1.29 is 14.3 Å². The molecule has 2 N–H and O–H groups in total. The molecule has 1 aliphatic heterocycles. The predicted octanol–water partition coefficient (Wildman–Crippen LogP) is 3.27. The Morgan fingerprint density at radius 1 is 1.27 bits per heavy atom. The van der Waals surface area contributed by atoms with Crippen molar-refractivity contribution in [3.63, 3.8) is 0 Å². The third-order valence-electron chi connectivity index (χ3n) is 5.70. The van der Waals surface area contributed by atoms with Crippen LogP contribution in [0.25, 0.3) is 10.8 Å². The Kier molecular flexibility index (Phi) is 7.32. The summed E-state index contributed by atoms with van der Waals surface area (Å²) in [6.45, 7) is 10.3. The van der Waals surface area contributed by atoms with Crippen molar-refractivity contribution in [2.45, 2.75) is 52.6 Å². The molecule has 1 heterocycles. The topological polar surface area (TPSA) is 70.7 Å². The van der Waals surface area contributed by atoms with Gasteiger partial charge in [-0.15, -0.1) is 0 Å². The van der Waals surface area contributed by atoms with Crippen LogP contribution in [0.1, 0.15) is 49.5 Å². The molecule has 30 heavy (non-hydrogen) atoms. The summed E-state index contributed by atoms with van der Waals surface area (Å²) in [4.78, 5) is 26.8. The Labute approximate surface area is 179 Å². The molecule has 3 rings (SSSR count). The van der Waals surface area contributed by atoms with Gasteiger partial charge in [0.2, 0.25) is 5.91 Å². The Morgan fingerprint density at radius 2 is 2.00 bits per heavy atom. The summed E-state index contributed by atoms with van der Waals surface area (Å²) in [6.07, 6.45) is 2.10. The number of carbonyl (C=O) groups excluding carboxylic acids is 2. The molecule has 1 fully saturated rings. The van der Waals surface area contributed by atoms with Crippen LogP contribution in [0.3, 0.4) is 0 Å². The zero-order valence-electron chi connectivity index (χ0n) is 18.5. The minimum atomic E-state index is -0.0862. The molecule has 0 radical (unpaired) electrons. The number of benzene rings is 2. The Balaban J connectivity index is 1.96. The minimum absolute atomic E-state index is 0.0497. The fourth-order valence-electron chi connectivity index (χ4n) is 4.25. The summed E-state index contributed by atoms with van der Waals surface area (Å²) in [5, 5.41) is 8.16. The zero-order chi connectivity index (χ0) is 21.7. The minimum Gasteiger partial charge on any atom is -0.491 e. The summed E-state index contributed by atoms with van der Waals surface area (Å²) in [6, 6.07) is 10.2. The molecule has 6 nitrogen and oxygen atoms in total. The summed E-state index contributed by atoms with van der Waals surface area (Å²) in [5.41, 5.74) is 1.65. The summed E-state index contributed by atoms with van der Waals surface area (Å²) < 4.78 is 6.00. The number of fused-ring (bicyclic) bond motifs is 1. The van der Waals surface area contributed by atoms with E-state index in [1.54, 1.807) is 0 Å². The average molecular weight is 412 g/mol. The van der Waals surface area contributed by atoms with Gasteiger partial charge in [-0.3, -0.25) is 9.59 Å². The first-order valence-corrected chi connectivity index (χ1v) is 10.8. The number of piperidine rings is 1. The van der Waals surface area contributed by atoms with Crippen LogP contribution in [0.2, 0.25) is 0 Å². The molecule has 1 saturated heterocycles. The van der Waals surface area contributed by atoms with Crippen molar-refractivity contribution in [3.05, 3.63) is 41.5 Å². The number of ether oxygens (including phenoxy) is 1. The first kappa shape index (κ1) is 22.1. The number of aryl methyl sites for hydroxylation is 1. The molecule has 2 amide bonds. The fourth-order valence-corrected chi connectivity index (χ4v) is 4.25. The molecule has 1 aliphatic rings. The lowest BCUT2D eigenvalue weighted by Gasteiger charge is -2.38. The molecule has 0 bridgehead atoms. The molecule has 0 saturated carbocycles. The van der Waals surface area contributed by atoms with E-state index < -0.39 is 0 Å². The van der Waals surface area contributed by atoms with Crippen molar-refractivity contribution in [2.24, 2.45) is 0 Å². The molecule has 6 heteroatoms. The maximum atomic E-state index is 13.7. The van der Waals surface area contributed by atoms with Gasteiger partial charge >= 0.3 is 0 Å². The maximum Gasteiger partial charge on any atom is 0.254 e. The van der Waals surface area contributed by atoms with Gasteiger partial charge in [0.05, 0.1) is 6.54 Å². The second-order valence-corrected chi connectivity index (χ2v) is 8.23. The van der Waals surface area contributed by atoms with Gasteiger partial charge < -0.3 is 20.3 Å². The highest BCUT2D eigenvalue weighted by Gasteiger charge is 2.30. The molecule has 0 aliphatic carbocycles. The van der Waals surface area contributed by atoms with Crippen molar-refractivity contribution >= 4 is 22.6 Å². The second-order valence-electron chi connectivity index (χ2n) is 8.23. The van der Waals surface area contributed by atoms with Crippen LogP contribution in [0.4, 0.5) is 0 Å². The molecule has 162 valence electrons. The number of hydrogen-bond acceptors (Lipinski definition) is 4. The SMILES string of the molecule is CC(=O)NCCOc1cc(C(=O)N(C(C)C)[C@@H]2CCCNC2)c(C)c2ccccc12. The lowest BCUT2D eigenvalue weighted by Crippen LogP contribution is -2.51. The van der Waals surface area contributed by atoms with E-state index in [4.69, 9.17) is 4.74 Å². The van der Waals surface area contributed by atoms with Crippen LogP contribution in [0.15, 0.2) is 30.3 Å². The van der Waals surface area contributed by atoms with Crippen molar-refractivity contribution in [3.8, 4) is 5.75 Å². The van der Waals surface area contributed by atoms with E-state index in [-0.39, 0.29) is 23.9 Å². The van der Waals surface area contributed by atoms with Gasteiger partial charge in [0.25, 0.3) is 5.91 Å². The summed E-state index contributed by atoms with van der Waals surface area (Å²) in [7, 11) is 0. The van der Waals surface area contributed by atoms with E-state index in [0.717, 1.165) is 42.3 Å². The van der Waals surface area contributed by atoms with Crippen LogP contribution in [0, 0.1) is 6.92 Å². The molecule has 0 aromatic heterocycles. The molecule has 0 unspecified atom stereocenters. The van der Waals surface area contributed by atoms with Gasteiger partial charge in [-0.25, -0.2) is 0 Å². The van der Waals surface area contributed by atoms with Gasteiger partial charge in [-0.1, -0.05) is 24.3 Å². The van der Waals surface area contributed by atoms with E-state index in [0.29, 0.717) is 24.5 Å². The van der Waals surface area contributed by atoms with Crippen LogP contribution < -0.4 is 15.4 Å². The third-order valence-corrected chi connectivity index (χ3v) is 5.70. The highest BCUT2D eigenvalue weighted by Crippen LogP contribution is 2.33. The number of amides is 2. The average Bonchev–Trinajstić information content (AvgIpc) is 2.73. The number of nitrogens with zero attached hydrogens (tertiary/aromatic N) is 1. The molecule has 0 spiro atoms. The van der Waals surface area contributed by atoms with Crippen LogP contribution in [-0.4, -0.2) is 55.0 Å². The largest absolute Gasteiger partial charge is 0.491 e. The maximum absolute atomic E-state index is 13.7. The third kappa shape index (κ3) is 4.93. The quantitative estimate of drug-likeness (QED) is 0.686. The number of nitrogens with one attached hydrogen (secondary N) is 2. The van der Waals surface area contributed by atoms with Gasteiger partial charge in [0.1, 0.15) is 12.4 Å². The van der Waals surface area contributed by atoms with E-state index in [9.17, 15) is 9.59 Å². The van der Waals surface area contributed by atoms with E-state index in [1.165, 1.54) is 6.92 Å². The Hall–Kier alpha value is -2.60. The van der Waals surface area contributed by atoms with Gasteiger partial charge in [0.15, 0.2) is 0 Å². The second kappa shape index (κ2) is 9.94. The number of carbonyl (C=O) groups is 2. The van der Waals surface area contributed by atoms with Crippen molar-refractivity contribution in [1.29, 1.82) is 0 Å². The Bertz CT molecular complexity index is 904. The smallest absolute Gasteiger partial charge is 0.254 e. The van der Waals surface area contributed by atoms with Crippen LogP contribution >= 0.6 is 0 Å². The van der Waals surface area contributed by atoms with E-state index in [2.05, 4.69) is 24.5 Å². The van der Waals surface area contributed by atoms with E-state index in [1.807, 2.05) is 42.2 Å². The highest BCUT2D eigenvalue weighted by molar-refractivity contribution is 6.03. The Morgan fingerprint density at radius 3 is 2.63 bits per heavy atom. The molecule has 2 aromatic rings. The molecular formula is C24H33N3O3. The van der Waals surface area contributed by atoms with E-state index >= 15 is 0 Å². The van der Waals surface area contributed by atoms with Crippen molar-refractivity contribution in [2.75, 3.05) is 26.2 Å². The molecular weight excluding hydrogens is 378 g/mol. The number of hydrogen-bond donors (Lipinski definition) is 2. The number of rotatable bonds is 7. The normalized spacial score (nSPS) is 16.5. The monoisotopic (exact) mass is 411 g/mol. The highest BCUT2D eigenvalue weighted by atomic mass is 16.5. The van der Waals surface area contributed by atoms with Gasteiger partial charge in [-0.2, -0.15) is 0 Å². The zero-order valence-corrected chi connectivity index (χ0v) is 18.5. The lowest BCUT2D eigenvalue weighted by molar-refractivity contribution is -0.119. The fraction of sp³-hybridized carbons (Fsp3) is 0.500. The van der Waals surface area contributed by atoms with Gasteiger partial charge in [-0.05, 0) is 57.2 Å². The summed E-state index contributed by atoms with van der Waals surface area (Å²) in [5.74, 6) is 0.640. The first-order chi connectivity index (χ1) is 14.4. The summed E-state index contributed by atoms with van der Waals surface area (Å²) >= 11 is 0. The van der Waals surface area contributed by atoms with Gasteiger partial charge in [0, 0.05) is 36.5 Å². The van der Waals surface area contributed by atoms with Crippen LogP contribution in [0.5, 0.6) is 5.75 Å². The molecule has 2 aromatic carbocycles. The lowest BCUT2D eigenvalue weighted by atomic mass is 9.96. The predicted molar refractivity (Wildman–Crippen MR) is 120 cm³/mol.